The average molecular weight is 271 g/mol. The second-order valence-corrected chi connectivity index (χ2v) is 4.99. The van der Waals surface area contributed by atoms with E-state index in [1.807, 2.05) is 36.6 Å². The molecule has 0 fully saturated rings. The second-order valence-electron chi connectivity index (χ2n) is 4.99. The van der Waals surface area contributed by atoms with Crippen molar-refractivity contribution < 1.29 is 14.7 Å². The van der Waals surface area contributed by atoms with Crippen LogP contribution in [0.1, 0.15) is 34.2 Å². The summed E-state index contributed by atoms with van der Waals surface area (Å²) >= 11 is 0. The van der Waals surface area contributed by atoms with Gasteiger partial charge >= 0.3 is 5.97 Å². The normalized spacial score (nSPS) is 10.6. The number of benzene rings is 1. The van der Waals surface area contributed by atoms with Gasteiger partial charge < -0.3 is 9.67 Å². The number of carboxylic acids is 1. The summed E-state index contributed by atoms with van der Waals surface area (Å²) in [6, 6.07) is 9.05. The van der Waals surface area contributed by atoms with Gasteiger partial charge in [-0.2, -0.15) is 0 Å². The molecule has 0 aliphatic carbocycles. The predicted molar refractivity (Wildman–Crippen MR) is 76.6 cm³/mol. The van der Waals surface area contributed by atoms with Gasteiger partial charge in [0.1, 0.15) is 5.78 Å². The molecular weight excluding hydrogens is 254 g/mol. The fourth-order valence-electron chi connectivity index (χ4n) is 2.40. The number of nitrogens with zero attached hydrogens (tertiary/aromatic N) is 1. The molecule has 104 valence electrons. The molecule has 1 aromatic carbocycles. The highest BCUT2D eigenvalue weighted by Crippen LogP contribution is 2.22. The van der Waals surface area contributed by atoms with Crippen molar-refractivity contribution in [1.29, 1.82) is 0 Å². The summed E-state index contributed by atoms with van der Waals surface area (Å²) in [5, 5.41) is 9.41. The van der Waals surface area contributed by atoms with Gasteiger partial charge in [-0.25, -0.2) is 4.79 Å². The van der Waals surface area contributed by atoms with Crippen LogP contribution in [0.25, 0.3) is 5.69 Å². The van der Waals surface area contributed by atoms with Gasteiger partial charge in [-0.15, -0.1) is 0 Å². The van der Waals surface area contributed by atoms with Crippen molar-refractivity contribution in [2.45, 2.75) is 27.2 Å². The van der Waals surface area contributed by atoms with Gasteiger partial charge in [0.25, 0.3) is 0 Å². The van der Waals surface area contributed by atoms with Gasteiger partial charge in [0.2, 0.25) is 0 Å². The van der Waals surface area contributed by atoms with Gasteiger partial charge in [0, 0.05) is 17.8 Å². The number of ketones is 1. The lowest BCUT2D eigenvalue weighted by Crippen LogP contribution is -2.09. The third kappa shape index (κ3) is 2.64. The lowest BCUT2D eigenvalue weighted by Gasteiger charge is -2.13. The van der Waals surface area contributed by atoms with E-state index in [1.165, 1.54) is 6.92 Å². The Balaban J connectivity index is 2.59. The molecule has 1 heterocycles. The number of aromatic nitrogens is 1. The molecule has 0 saturated carbocycles. The molecule has 4 heteroatoms. The fourth-order valence-corrected chi connectivity index (χ4v) is 2.40. The quantitative estimate of drug-likeness (QED) is 0.930. The SMILES string of the molecule is CC(=O)Cc1ccc(-n2c(C)ccc2C)c(C(=O)O)c1. The molecule has 2 aromatic rings. The Morgan fingerprint density at radius 1 is 1.10 bits per heavy atom. The highest BCUT2D eigenvalue weighted by Gasteiger charge is 2.15. The highest BCUT2D eigenvalue weighted by molar-refractivity contribution is 5.92. The molecule has 1 N–H and O–H groups in total. The first-order valence-electron chi connectivity index (χ1n) is 6.41. The highest BCUT2D eigenvalue weighted by atomic mass is 16.4. The van der Waals surface area contributed by atoms with Gasteiger partial charge in [-0.1, -0.05) is 6.07 Å². The third-order valence-corrected chi connectivity index (χ3v) is 3.26. The third-order valence-electron chi connectivity index (χ3n) is 3.26. The zero-order chi connectivity index (χ0) is 14.9. The summed E-state index contributed by atoms with van der Waals surface area (Å²) in [5.41, 5.74) is 3.52. The van der Waals surface area contributed by atoms with E-state index in [2.05, 4.69) is 0 Å². The topological polar surface area (TPSA) is 59.3 Å². The number of carbonyl (C=O) groups is 2. The van der Waals surface area contributed by atoms with Crippen LogP contribution in [-0.4, -0.2) is 21.4 Å². The van der Waals surface area contributed by atoms with E-state index >= 15 is 0 Å². The number of rotatable bonds is 4. The molecule has 20 heavy (non-hydrogen) atoms. The Morgan fingerprint density at radius 2 is 1.70 bits per heavy atom. The summed E-state index contributed by atoms with van der Waals surface area (Å²) in [6.45, 7) is 5.36. The molecule has 0 saturated heterocycles. The minimum absolute atomic E-state index is 0.0161. The van der Waals surface area contributed by atoms with Crippen LogP contribution in [0.2, 0.25) is 0 Å². The largest absolute Gasteiger partial charge is 0.478 e. The summed E-state index contributed by atoms with van der Waals surface area (Å²) in [5.74, 6) is -0.972. The first-order valence-corrected chi connectivity index (χ1v) is 6.41. The Labute approximate surface area is 117 Å². The summed E-state index contributed by atoms with van der Waals surface area (Å²) in [4.78, 5) is 22.6. The summed E-state index contributed by atoms with van der Waals surface area (Å²) in [6.07, 6.45) is 0.254. The van der Waals surface area contributed by atoms with Crippen LogP contribution in [-0.2, 0) is 11.2 Å². The average Bonchev–Trinajstić information content (AvgIpc) is 2.68. The Morgan fingerprint density at radius 3 is 2.20 bits per heavy atom. The van der Waals surface area contributed by atoms with Gasteiger partial charge in [-0.3, -0.25) is 4.79 Å². The lowest BCUT2D eigenvalue weighted by molar-refractivity contribution is -0.116. The van der Waals surface area contributed by atoms with Crippen molar-refractivity contribution in [3.63, 3.8) is 0 Å². The molecule has 2 rings (SSSR count). The van der Waals surface area contributed by atoms with Crippen molar-refractivity contribution in [2.24, 2.45) is 0 Å². The van der Waals surface area contributed by atoms with Crippen molar-refractivity contribution >= 4 is 11.8 Å². The van der Waals surface area contributed by atoms with Crippen molar-refractivity contribution in [3.8, 4) is 5.69 Å². The molecule has 0 spiro atoms. The van der Waals surface area contributed by atoms with Gasteiger partial charge in [0.15, 0.2) is 0 Å². The first-order chi connectivity index (χ1) is 9.40. The molecule has 0 aliphatic rings. The maximum absolute atomic E-state index is 11.5. The zero-order valence-corrected chi connectivity index (χ0v) is 11.8. The number of carbonyl (C=O) groups excluding carboxylic acids is 1. The van der Waals surface area contributed by atoms with Gasteiger partial charge in [0.05, 0.1) is 11.3 Å². The van der Waals surface area contributed by atoms with Crippen molar-refractivity contribution in [2.75, 3.05) is 0 Å². The zero-order valence-electron chi connectivity index (χ0n) is 11.8. The standard InChI is InChI=1S/C16H17NO3/c1-10-4-5-11(2)17(10)15-7-6-13(8-12(3)18)9-14(15)16(19)20/h4-7,9H,8H2,1-3H3,(H,19,20). The lowest BCUT2D eigenvalue weighted by atomic mass is 10.0. The van der Waals surface area contributed by atoms with Crippen molar-refractivity contribution in [3.05, 3.63) is 52.8 Å². The molecule has 1 aromatic heterocycles. The van der Waals surface area contributed by atoms with E-state index in [1.54, 1.807) is 12.1 Å². The smallest absolute Gasteiger partial charge is 0.337 e. The van der Waals surface area contributed by atoms with Crippen LogP contribution in [0.4, 0.5) is 0 Å². The predicted octanol–water partition coefficient (Wildman–Crippen LogP) is 2.92. The van der Waals surface area contributed by atoms with E-state index in [-0.39, 0.29) is 17.8 Å². The molecule has 0 unspecified atom stereocenters. The monoisotopic (exact) mass is 271 g/mol. The maximum Gasteiger partial charge on any atom is 0.337 e. The fraction of sp³-hybridized carbons (Fsp3) is 0.250. The number of aromatic carboxylic acids is 1. The number of carboxylic acid groups (broad SMARTS) is 1. The minimum atomic E-state index is -0.988. The molecule has 0 atom stereocenters. The van der Waals surface area contributed by atoms with Crippen LogP contribution in [0, 0.1) is 13.8 Å². The molecule has 0 radical (unpaired) electrons. The first kappa shape index (κ1) is 14.1. The Kier molecular flexibility index (Phi) is 3.74. The van der Waals surface area contributed by atoms with Crippen LogP contribution in [0.3, 0.4) is 0 Å². The second kappa shape index (κ2) is 5.33. The van der Waals surface area contributed by atoms with Crippen LogP contribution in [0.5, 0.6) is 0 Å². The molecule has 0 aliphatic heterocycles. The van der Waals surface area contributed by atoms with E-state index < -0.39 is 5.97 Å². The number of hydrogen-bond donors (Lipinski definition) is 1. The molecule has 4 nitrogen and oxygen atoms in total. The van der Waals surface area contributed by atoms with Crippen LogP contribution in [0.15, 0.2) is 30.3 Å². The van der Waals surface area contributed by atoms with E-state index in [0.29, 0.717) is 5.69 Å². The van der Waals surface area contributed by atoms with Crippen molar-refractivity contribution in [1.82, 2.24) is 4.57 Å². The molecule has 0 bridgehead atoms. The molecular formula is C16H17NO3. The van der Waals surface area contributed by atoms with Gasteiger partial charge in [-0.05, 0) is 50.6 Å². The Hall–Kier alpha value is -2.36. The van der Waals surface area contributed by atoms with Crippen LogP contribution < -0.4 is 0 Å². The number of hydrogen-bond acceptors (Lipinski definition) is 2. The van der Waals surface area contributed by atoms with E-state index in [0.717, 1.165) is 17.0 Å². The Bertz CT molecular complexity index is 664. The summed E-state index contributed by atoms with van der Waals surface area (Å²) in [7, 11) is 0. The maximum atomic E-state index is 11.5. The van der Waals surface area contributed by atoms with Crippen LogP contribution >= 0.6 is 0 Å². The van der Waals surface area contributed by atoms with E-state index in [4.69, 9.17) is 0 Å². The minimum Gasteiger partial charge on any atom is -0.478 e. The molecule has 0 amide bonds. The summed E-state index contributed by atoms with van der Waals surface area (Å²) < 4.78 is 1.90. The number of Topliss-reactive ketones (excluding diaryl/α,β-unsaturated/α-hetero) is 1. The number of aryl methyl sites for hydroxylation is 2. The van der Waals surface area contributed by atoms with E-state index in [9.17, 15) is 14.7 Å².